The van der Waals surface area contributed by atoms with Crippen molar-refractivity contribution in [3.8, 4) is 5.75 Å². The van der Waals surface area contributed by atoms with Crippen LogP contribution in [0.3, 0.4) is 0 Å². The number of ether oxygens (including phenoxy) is 1. The monoisotopic (exact) mass is 241 g/mol. The summed E-state index contributed by atoms with van der Waals surface area (Å²) in [4.78, 5) is 12.0. The van der Waals surface area contributed by atoms with E-state index in [4.69, 9.17) is 22.1 Å². The fraction of sp³-hybridized carbons (Fsp3) is 0.417. The molecule has 0 fully saturated rings. The van der Waals surface area contributed by atoms with Gasteiger partial charge in [0.25, 0.3) is 0 Å². The molecule has 0 saturated carbocycles. The molecule has 0 spiro atoms. The highest BCUT2D eigenvalue weighted by Crippen LogP contribution is 2.28. The molecule has 3 nitrogen and oxygen atoms in total. The van der Waals surface area contributed by atoms with Gasteiger partial charge in [-0.15, -0.1) is 0 Å². The zero-order valence-corrected chi connectivity index (χ0v) is 10.5. The molecule has 1 aromatic rings. The first-order valence-electron chi connectivity index (χ1n) is 5.09. The van der Waals surface area contributed by atoms with Crippen molar-refractivity contribution in [2.45, 2.75) is 13.8 Å². The van der Waals surface area contributed by atoms with Crippen molar-refractivity contribution in [3.05, 3.63) is 28.3 Å². The van der Waals surface area contributed by atoms with E-state index in [2.05, 4.69) is 0 Å². The van der Waals surface area contributed by atoms with E-state index in [1.54, 1.807) is 19.1 Å². The van der Waals surface area contributed by atoms with Gasteiger partial charge in [-0.3, -0.25) is 4.79 Å². The largest absolute Gasteiger partial charge is 0.496 e. The minimum atomic E-state index is -0.229. The van der Waals surface area contributed by atoms with E-state index in [-0.39, 0.29) is 11.7 Å². The number of benzene rings is 1. The maximum absolute atomic E-state index is 12.0. The molecule has 4 heteroatoms. The van der Waals surface area contributed by atoms with Gasteiger partial charge in [-0.2, -0.15) is 0 Å². The van der Waals surface area contributed by atoms with Crippen LogP contribution in [0, 0.1) is 12.8 Å². The van der Waals surface area contributed by atoms with Crippen LogP contribution in [0.2, 0.25) is 5.02 Å². The van der Waals surface area contributed by atoms with E-state index in [0.29, 0.717) is 22.9 Å². The quantitative estimate of drug-likeness (QED) is 0.824. The van der Waals surface area contributed by atoms with Gasteiger partial charge in [0.1, 0.15) is 5.75 Å². The number of methoxy groups -OCH3 is 1. The van der Waals surface area contributed by atoms with Crippen molar-refractivity contribution >= 4 is 17.4 Å². The molecule has 0 saturated heterocycles. The first kappa shape index (κ1) is 13.0. The Bertz CT molecular complexity index is 404. The molecule has 0 aliphatic heterocycles. The number of rotatable bonds is 4. The van der Waals surface area contributed by atoms with Gasteiger partial charge < -0.3 is 10.5 Å². The highest BCUT2D eigenvalue weighted by atomic mass is 35.5. The molecule has 0 aliphatic carbocycles. The fourth-order valence-corrected chi connectivity index (χ4v) is 1.55. The minimum absolute atomic E-state index is 0.0405. The maximum atomic E-state index is 12.0. The van der Waals surface area contributed by atoms with Crippen LogP contribution >= 0.6 is 11.6 Å². The number of ketones is 1. The van der Waals surface area contributed by atoms with Crippen LogP contribution in [0.15, 0.2) is 12.1 Å². The lowest BCUT2D eigenvalue weighted by Gasteiger charge is -2.13. The lowest BCUT2D eigenvalue weighted by atomic mass is 9.97. The molecule has 16 heavy (non-hydrogen) atoms. The van der Waals surface area contributed by atoms with Crippen molar-refractivity contribution in [3.63, 3.8) is 0 Å². The van der Waals surface area contributed by atoms with Crippen LogP contribution in [-0.4, -0.2) is 19.4 Å². The third-order valence-electron chi connectivity index (χ3n) is 2.55. The summed E-state index contributed by atoms with van der Waals surface area (Å²) in [5.74, 6) is 0.279. The Morgan fingerprint density at radius 2 is 2.19 bits per heavy atom. The van der Waals surface area contributed by atoms with Gasteiger partial charge in [-0.25, -0.2) is 0 Å². The summed E-state index contributed by atoms with van der Waals surface area (Å²) in [6.45, 7) is 3.97. The first-order chi connectivity index (χ1) is 7.51. The highest BCUT2D eigenvalue weighted by molar-refractivity contribution is 6.31. The summed E-state index contributed by atoms with van der Waals surface area (Å²) >= 11 is 6.00. The Morgan fingerprint density at radius 1 is 1.56 bits per heavy atom. The third kappa shape index (κ3) is 2.54. The topological polar surface area (TPSA) is 52.3 Å². The molecule has 0 aromatic heterocycles. The van der Waals surface area contributed by atoms with Gasteiger partial charge in [0.2, 0.25) is 0 Å². The zero-order valence-electron chi connectivity index (χ0n) is 9.71. The molecule has 88 valence electrons. The van der Waals surface area contributed by atoms with Crippen LogP contribution in [-0.2, 0) is 0 Å². The standard InChI is InChI=1S/C12H16ClNO2/c1-7-4-11(16-3)9(5-10(7)13)12(15)8(2)6-14/h4-5,8H,6,14H2,1-3H3. The molecular weight excluding hydrogens is 226 g/mol. The molecule has 0 heterocycles. The number of aryl methyl sites for hydroxylation is 1. The Hall–Kier alpha value is -1.06. The van der Waals surface area contributed by atoms with Crippen LogP contribution in [0.1, 0.15) is 22.8 Å². The Balaban J connectivity index is 3.21. The molecule has 1 unspecified atom stereocenters. The summed E-state index contributed by atoms with van der Waals surface area (Å²) in [7, 11) is 1.53. The highest BCUT2D eigenvalue weighted by Gasteiger charge is 2.19. The number of halogens is 1. The van der Waals surface area contributed by atoms with Gasteiger partial charge in [-0.05, 0) is 24.6 Å². The van der Waals surface area contributed by atoms with Crippen LogP contribution in [0.25, 0.3) is 0 Å². The molecule has 1 aromatic carbocycles. The van der Waals surface area contributed by atoms with Gasteiger partial charge in [0, 0.05) is 17.5 Å². The maximum Gasteiger partial charge on any atom is 0.170 e. The van der Waals surface area contributed by atoms with E-state index in [0.717, 1.165) is 5.56 Å². The van der Waals surface area contributed by atoms with E-state index in [9.17, 15) is 4.79 Å². The summed E-state index contributed by atoms with van der Waals surface area (Å²) in [5.41, 5.74) is 6.86. The Kier molecular flexibility index (Phi) is 4.33. The number of hydrogen-bond acceptors (Lipinski definition) is 3. The third-order valence-corrected chi connectivity index (χ3v) is 2.95. The van der Waals surface area contributed by atoms with E-state index in [1.165, 1.54) is 7.11 Å². The second-order valence-corrected chi connectivity index (χ2v) is 4.21. The molecule has 1 rings (SSSR count). The number of carbonyl (C=O) groups excluding carboxylic acids is 1. The number of nitrogens with two attached hydrogens (primary N) is 1. The SMILES string of the molecule is COc1cc(C)c(Cl)cc1C(=O)C(C)CN. The molecule has 0 amide bonds. The molecule has 1 atom stereocenters. The van der Waals surface area contributed by atoms with Gasteiger partial charge >= 0.3 is 0 Å². The van der Waals surface area contributed by atoms with Crippen molar-refractivity contribution in [2.75, 3.05) is 13.7 Å². The summed E-state index contributed by atoms with van der Waals surface area (Å²) in [6, 6.07) is 3.41. The molecular formula is C12H16ClNO2. The Labute approximate surface area is 101 Å². The lowest BCUT2D eigenvalue weighted by Crippen LogP contribution is -2.21. The van der Waals surface area contributed by atoms with Crippen LogP contribution in [0.5, 0.6) is 5.75 Å². The average Bonchev–Trinajstić information content (AvgIpc) is 2.30. The zero-order chi connectivity index (χ0) is 12.3. The van der Waals surface area contributed by atoms with Crippen LogP contribution < -0.4 is 10.5 Å². The first-order valence-corrected chi connectivity index (χ1v) is 5.47. The smallest absolute Gasteiger partial charge is 0.170 e. The number of carbonyl (C=O) groups is 1. The second kappa shape index (κ2) is 5.32. The van der Waals surface area contributed by atoms with Gasteiger partial charge in [-0.1, -0.05) is 18.5 Å². The molecule has 2 N–H and O–H groups in total. The van der Waals surface area contributed by atoms with E-state index >= 15 is 0 Å². The van der Waals surface area contributed by atoms with Gasteiger partial charge in [0.15, 0.2) is 5.78 Å². The minimum Gasteiger partial charge on any atom is -0.496 e. The number of hydrogen-bond donors (Lipinski definition) is 1. The average molecular weight is 242 g/mol. The summed E-state index contributed by atoms with van der Waals surface area (Å²) in [5, 5.41) is 0.563. The van der Waals surface area contributed by atoms with E-state index in [1.807, 2.05) is 6.92 Å². The van der Waals surface area contributed by atoms with Crippen molar-refractivity contribution in [1.82, 2.24) is 0 Å². The van der Waals surface area contributed by atoms with Gasteiger partial charge in [0.05, 0.1) is 12.7 Å². The second-order valence-electron chi connectivity index (χ2n) is 3.80. The predicted octanol–water partition coefficient (Wildman–Crippen LogP) is 2.43. The van der Waals surface area contributed by atoms with Crippen LogP contribution in [0.4, 0.5) is 0 Å². The van der Waals surface area contributed by atoms with E-state index < -0.39 is 0 Å². The molecule has 0 radical (unpaired) electrons. The number of Topliss-reactive ketones (excluding diaryl/α,β-unsaturated/α-hetero) is 1. The van der Waals surface area contributed by atoms with Crippen molar-refractivity contribution < 1.29 is 9.53 Å². The lowest BCUT2D eigenvalue weighted by molar-refractivity contribution is 0.0931. The predicted molar refractivity (Wildman–Crippen MR) is 65.3 cm³/mol. The summed E-state index contributed by atoms with van der Waals surface area (Å²) < 4.78 is 5.18. The molecule has 0 bridgehead atoms. The fourth-order valence-electron chi connectivity index (χ4n) is 1.39. The summed E-state index contributed by atoms with van der Waals surface area (Å²) in [6.07, 6.45) is 0. The Morgan fingerprint density at radius 3 is 2.69 bits per heavy atom. The van der Waals surface area contributed by atoms with Crippen molar-refractivity contribution in [2.24, 2.45) is 11.7 Å². The molecule has 0 aliphatic rings. The van der Waals surface area contributed by atoms with Crippen molar-refractivity contribution in [1.29, 1.82) is 0 Å². The normalized spacial score (nSPS) is 12.3.